The Labute approximate surface area is 118 Å². The van der Waals surface area contributed by atoms with Gasteiger partial charge in [0.05, 0.1) is 6.61 Å². The second kappa shape index (κ2) is 9.99. The van der Waals surface area contributed by atoms with Crippen LogP contribution in [0.4, 0.5) is 0 Å². The van der Waals surface area contributed by atoms with Gasteiger partial charge in [-0.2, -0.15) is 0 Å². The molecule has 0 heterocycles. The average Bonchev–Trinajstić information content (AvgIpc) is 2.28. The SMILES string of the molecule is CCOC(=O)CC(=O)C(CCC(C)C)CCC(C)C. The smallest absolute Gasteiger partial charge is 0.313 e. The van der Waals surface area contributed by atoms with Crippen LogP contribution >= 0.6 is 0 Å². The molecule has 0 fully saturated rings. The van der Waals surface area contributed by atoms with E-state index in [9.17, 15) is 9.59 Å². The first-order valence-electron chi connectivity index (χ1n) is 7.55. The minimum absolute atomic E-state index is 0.0224. The van der Waals surface area contributed by atoms with E-state index in [1.807, 2.05) is 0 Å². The molecule has 0 rings (SSSR count). The van der Waals surface area contributed by atoms with E-state index in [0.717, 1.165) is 25.7 Å². The molecular weight excluding hydrogens is 240 g/mol. The van der Waals surface area contributed by atoms with Crippen LogP contribution in [0.1, 0.15) is 66.7 Å². The van der Waals surface area contributed by atoms with Crippen LogP contribution in [0, 0.1) is 17.8 Å². The lowest BCUT2D eigenvalue weighted by Gasteiger charge is -2.17. The highest BCUT2D eigenvalue weighted by atomic mass is 16.5. The molecule has 0 amide bonds. The molecule has 3 heteroatoms. The van der Waals surface area contributed by atoms with Crippen molar-refractivity contribution in [2.75, 3.05) is 6.61 Å². The maximum absolute atomic E-state index is 12.2. The van der Waals surface area contributed by atoms with Crippen LogP contribution in [-0.2, 0) is 14.3 Å². The number of ether oxygens (including phenoxy) is 1. The molecule has 0 aromatic carbocycles. The Morgan fingerprint density at radius 3 is 1.74 bits per heavy atom. The van der Waals surface area contributed by atoms with Crippen LogP contribution in [0.15, 0.2) is 0 Å². The fraction of sp³-hybridized carbons (Fsp3) is 0.875. The van der Waals surface area contributed by atoms with E-state index in [2.05, 4.69) is 27.7 Å². The Morgan fingerprint density at radius 1 is 0.895 bits per heavy atom. The van der Waals surface area contributed by atoms with Crippen LogP contribution in [-0.4, -0.2) is 18.4 Å². The molecule has 0 aromatic heterocycles. The molecule has 0 radical (unpaired) electrons. The van der Waals surface area contributed by atoms with Crippen LogP contribution in [0.5, 0.6) is 0 Å². The van der Waals surface area contributed by atoms with Crippen molar-refractivity contribution >= 4 is 11.8 Å². The zero-order valence-electron chi connectivity index (χ0n) is 13.2. The van der Waals surface area contributed by atoms with Crippen molar-refractivity contribution in [2.24, 2.45) is 17.8 Å². The number of carbonyl (C=O) groups excluding carboxylic acids is 2. The number of esters is 1. The van der Waals surface area contributed by atoms with Gasteiger partial charge in [-0.15, -0.1) is 0 Å². The van der Waals surface area contributed by atoms with Gasteiger partial charge in [0, 0.05) is 5.92 Å². The Balaban J connectivity index is 4.35. The number of rotatable bonds is 10. The topological polar surface area (TPSA) is 43.4 Å². The van der Waals surface area contributed by atoms with Gasteiger partial charge in [0.1, 0.15) is 12.2 Å². The predicted molar refractivity (Wildman–Crippen MR) is 77.9 cm³/mol. The van der Waals surface area contributed by atoms with Gasteiger partial charge in [-0.25, -0.2) is 0 Å². The van der Waals surface area contributed by atoms with E-state index in [1.54, 1.807) is 6.92 Å². The quantitative estimate of drug-likeness (QED) is 0.445. The van der Waals surface area contributed by atoms with Crippen molar-refractivity contribution in [3.8, 4) is 0 Å². The van der Waals surface area contributed by atoms with Gasteiger partial charge >= 0.3 is 5.97 Å². The van der Waals surface area contributed by atoms with Gasteiger partial charge in [0.25, 0.3) is 0 Å². The number of ketones is 1. The third-order valence-electron chi connectivity index (χ3n) is 3.26. The van der Waals surface area contributed by atoms with E-state index in [1.165, 1.54) is 0 Å². The summed E-state index contributed by atoms with van der Waals surface area (Å²) < 4.78 is 4.85. The average molecular weight is 270 g/mol. The summed E-state index contributed by atoms with van der Waals surface area (Å²) in [6.45, 7) is 10.8. The minimum atomic E-state index is -0.383. The normalized spacial score (nSPS) is 11.4. The highest BCUT2D eigenvalue weighted by Gasteiger charge is 2.22. The molecular formula is C16H30O3. The maximum atomic E-state index is 12.2. The first-order chi connectivity index (χ1) is 8.86. The molecule has 0 atom stereocenters. The van der Waals surface area contributed by atoms with Crippen molar-refractivity contribution < 1.29 is 14.3 Å². The summed E-state index contributed by atoms with van der Waals surface area (Å²) in [6.07, 6.45) is 3.80. The summed E-state index contributed by atoms with van der Waals surface area (Å²) in [5.74, 6) is 0.884. The molecule has 0 N–H and O–H groups in total. The third-order valence-corrected chi connectivity index (χ3v) is 3.26. The summed E-state index contributed by atoms with van der Waals surface area (Å²) in [6, 6.07) is 0. The molecule has 0 spiro atoms. The Bertz CT molecular complexity index is 257. The van der Waals surface area contributed by atoms with Crippen LogP contribution in [0.25, 0.3) is 0 Å². The molecule has 112 valence electrons. The van der Waals surface area contributed by atoms with Crippen LogP contribution < -0.4 is 0 Å². The molecule has 0 aliphatic rings. The summed E-state index contributed by atoms with van der Waals surface area (Å²) in [5, 5.41) is 0. The zero-order valence-corrected chi connectivity index (χ0v) is 13.2. The fourth-order valence-corrected chi connectivity index (χ4v) is 2.03. The van der Waals surface area contributed by atoms with Crippen molar-refractivity contribution in [3.05, 3.63) is 0 Å². The van der Waals surface area contributed by atoms with E-state index < -0.39 is 0 Å². The van der Waals surface area contributed by atoms with Crippen molar-refractivity contribution in [1.82, 2.24) is 0 Å². The first-order valence-corrected chi connectivity index (χ1v) is 7.55. The van der Waals surface area contributed by atoms with E-state index in [4.69, 9.17) is 4.74 Å². The molecule has 0 bridgehead atoms. The lowest BCUT2D eigenvalue weighted by Crippen LogP contribution is -2.20. The van der Waals surface area contributed by atoms with Crippen molar-refractivity contribution in [3.63, 3.8) is 0 Å². The largest absolute Gasteiger partial charge is 0.466 e. The highest BCUT2D eigenvalue weighted by Crippen LogP contribution is 2.22. The molecule has 19 heavy (non-hydrogen) atoms. The molecule has 0 aliphatic carbocycles. The molecule has 0 aromatic rings. The Hall–Kier alpha value is -0.860. The Morgan fingerprint density at radius 2 is 1.37 bits per heavy atom. The van der Waals surface area contributed by atoms with Crippen LogP contribution in [0.2, 0.25) is 0 Å². The van der Waals surface area contributed by atoms with Gasteiger partial charge in [-0.05, 0) is 31.6 Å². The summed E-state index contributed by atoms with van der Waals surface area (Å²) in [7, 11) is 0. The van der Waals surface area contributed by atoms with E-state index in [0.29, 0.717) is 18.4 Å². The van der Waals surface area contributed by atoms with Crippen molar-refractivity contribution in [1.29, 1.82) is 0 Å². The molecule has 0 aliphatic heterocycles. The number of hydrogen-bond donors (Lipinski definition) is 0. The summed E-state index contributed by atoms with van der Waals surface area (Å²) in [5.41, 5.74) is 0. The van der Waals surface area contributed by atoms with Gasteiger partial charge in [0.15, 0.2) is 0 Å². The van der Waals surface area contributed by atoms with Crippen LogP contribution in [0.3, 0.4) is 0 Å². The van der Waals surface area contributed by atoms with Gasteiger partial charge in [0.2, 0.25) is 0 Å². The lowest BCUT2D eigenvalue weighted by molar-refractivity contribution is -0.146. The lowest BCUT2D eigenvalue weighted by atomic mass is 9.87. The number of carbonyl (C=O) groups is 2. The minimum Gasteiger partial charge on any atom is -0.466 e. The number of Topliss-reactive ketones (excluding diaryl/α,β-unsaturated/α-hetero) is 1. The maximum Gasteiger partial charge on any atom is 0.313 e. The molecule has 3 nitrogen and oxygen atoms in total. The summed E-state index contributed by atoms with van der Waals surface area (Å²) in [4.78, 5) is 23.5. The predicted octanol–water partition coefficient (Wildman–Crippen LogP) is 4.00. The van der Waals surface area contributed by atoms with Gasteiger partial charge in [-0.3, -0.25) is 9.59 Å². The zero-order chi connectivity index (χ0) is 14.8. The molecule has 0 unspecified atom stereocenters. The van der Waals surface area contributed by atoms with E-state index >= 15 is 0 Å². The summed E-state index contributed by atoms with van der Waals surface area (Å²) >= 11 is 0. The number of hydrogen-bond acceptors (Lipinski definition) is 3. The second-order valence-corrected chi connectivity index (χ2v) is 6.09. The highest BCUT2D eigenvalue weighted by molar-refractivity contribution is 5.96. The Kier molecular flexibility index (Phi) is 9.54. The molecule has 0 saturated heterocycles. The van der Waals surface area contributed by atoms with Crippen molar-refractivity contribution in [2.45, 2.75) is 66.7 Å². The fourth-order valence-electron chi connectivity index (χ4n) is 2.03. The molecule has 0 saturated carbocycles. The second-order valence-electron chi connectivity index (χ2n) is 6.09. The third kappa shape index (κ3) is 9.69. The van der Waals surface area contributed by atoms with Gasteiger partial charge in [-0.1, -0.05) is 40.5 Å². The van der Waals surface area contributed by atoms with Gasteiger partial charge < -0.3 is 4.74 Å². The monoisotopic (exact) mass is 270 g/mol. The first kappa shape index (κ1) is 18.1. The van der Waals surface area contributed by atoms with E-state index in [-0.39, 0.29) is 24.1 Å². The standard InChI is InChI=1S/C16H30O3/c1-6-19-16(18)11-15(17)14(9-7-12(2)3)10-8-13(4)5/h12-14H,6-11H2,1-5H3.